The van der Waals surface area contributed by atoms with E-state index in [0.29, 0.717) is 12.0 Å². The third kappa shape index (κ3) is 7.95. The molecule has 0 aromatic carbocycles. The maximum atomic E-state index is 10.7. The molecule has 0 saturated heterocycles. The van der Waals surface area contributed by atoms with Crippen molar-refractivity contribution in [2.45, 2.75) is 65.6 Å². The van der Waals surface area contributed by atoms with Gasteiger partial charge in [-0.05, 0) is 65.9 Å². The average molecular weight is 385 g/mol. The maximum absolute atomic E-state index is 10.7. The van der Waals surface area contributed by atoms with Gasteiger partial charge in [-0.3, -0.25) is 4.79 Å². The van der Waals surface area contributed by atoms with Crippen LogP contribution in [-0.4, -0.2) is 27.7 Å². The number of carbonyl (C=O) groups is 1. The lowest BCUT2D eigenvalue weighted by Crippen LogP contribution is -2.39. The predicted molar refractivity (Wildman–Crippen MR) is 118 cm³/mol. The summed E-state index contributed by atoms with van der Waals surface area (Å²) in [4.78, 5) is 10.5. The number of rotatable bonds is 8. The molecule has 0 aliphatic heterocycles. The Hall–Kier alpha value is -1.97. The Morgan fingerprint density at radius 2 is 1.50 bits per heavy atom. The van der Waals surface area contributed by atoms with E-state index < -0.39 is 11.2 Å². The van der Waals surface area contributed by atoms with Crippen LogP contribution in [0.2, 0.25) is 0 Å². The topological polar surface area (TPSA) is 57.5 Å². The molecule has 154 valence electrons. The summed E-state index contributed by atoms with van der Waals surface area (Å²) >= 11 is 0. The second kappa shape index (κ2) is 10.5. The van der Waals surface area contributed by atoms with Crippen LogP contribution in [-0.2, 0) is 4.79 Å². The Bertz CT molecular complexity index is 707. The lowest BCUT2D eigenvalue weighted by Gasteiger charge is -2.33. The number of hydrogen-bond donors (Lipinski definition) is 2. The molecule has 3 heteroatoms. The minimum Gasteiger partial charge on any atom is -0.390 e. The summed E-state index contributed by atoms with van der Waals surface area (Å²) in [5.74, 6) is -0.00886. The van der Waals surface area contributed by atoms with E-state index >= 15 is 0 Å². The highest BCUT2D eigenvalue weighted by Crippen LogP contribution is 2.46. The molecule has 0 heterocycles. The van der Waals surface area contributed by atoms with Crippen LogP contribution in [0.4, 0.5) is 0 Å². The minimum atomic E-state index is -0.804. The zero-order valence-electron chi connectivity index (χ0n) is 18.1. The number of hydrogen-bond acceptors (Lipinski definition) is 3. The van der Waals surface area contributed by atoms with E-state index in [-0.39, 0.29) is 11.8 Å². The SMILES string of the molecule is CC(C=O)=CC=CC=C(C)C=CC=C(C)C=CC1C(C(C)(C)O)CCC1(C)O. The zero-order valence-corrected chi connectivity index (χ0v) is 18.1. The number of aldehydes is 1. The molecule has 0 bridgehead atoms. The molecular weight excluding hydrogens is 348 g/mol. The fraction of sp³-hybridized carbons (Fsp3) is 0.480. The number of allylic oxidation sites excluding steroid dienone is 11. The van der Waals surface area contributed by atoms with Gasteiger partial charge in [0.05, 0.1) is 11.2 Å². The summed E-state index contributed by atoms with van der Waals surface area (Å²) in [5, 5.41) is 21.1. The molecule has 3 nitrogen and oxygen atoms in total. The molecule has 0 amide bonds. The standard InChI is InChI=1S/C25H36O3/c1-19(10-7-8-11-21(3)18-26)12-9-13-20(2)14-15-23-22(24(4,5)27)16-17-25(23,6)28/h7-15,18,22-23,27-28H,16-17H2,1-6H3. The van der Waals surface area contributed by atoms with Crippen LogP contribution < -0.4 is 0 Å². The maximum Gasteiger partial charge on any atom is 0.145 e. The Balaban J connectivity index is 2.75. The first-order chi connectivity index (χ1) is 13.0. The molecule has 1 aliphatic carbocycles. The van der Waals surface area contributed by atoms with Gasteiger partial charge >= 0.3 is 0 Å². The molecule has 2 N–H and O–H groups in total. The summed E-state index contributed by atoms with van der Waals surface area (Å²) in [6.45, 7) is 11.3. The van der Waals surface area contributed by atoms with Crippen molar-refractivity contribution in [2.75, 3.05) is 0 Å². The highest BCUT2D eigenvalue weighted by Gasteiger charge is 2.47. The monoisotopic (exact) mass is 384 g/mol. The molecule has 1 saturated carbocycles. The fourth-order valence-corrected chi connectivity index (χ4v) is 3.53. The molecule has 0 spiro atoms. The Labute approximate surface area is 170 Å². The third-order valence-electron chi connectivity index (χ3n) is 5.32. The van der Waals surface area contributed by atoms with Gasteiger partial charge in [-0.1, -0.05) is 65.8 Å². The van der Waals surface area contributed by atoms with E-state index in [4.69, 9.17) is 0 Å². The van der Waals surface area contributed by atoms with E-state index in [1.807, 2.05) is 83.2 Å². The molecule has 28 heavy (non-hydrogen) atoms. The van der Waals surface area contributed by atoms with Gasteiger partial charge in [0.2, 0.25) is 0 Å². The largest absolute Gasteiger partial charge is 0.390 e. The molecule has 3 atom stereocenters. The van der Waals surface area contributed by atoms with Gasteiger partial charge in [0.15, 0.2) is 0 Å². The van der Waals surface area contributed by atoms with E-state index in [0.717, 1.165) is 23.9 Å². The first-order valence-corrected chi connectivity index (χ1v) is 9.92. The van der Waals surface area contributed by atoms with Crippen molar-refractivity contribution in [2.24, 2.45) is 11.8 Å². The fourth-order valence-electron chi connectivity index (χ4n) is 3.53. The van der Waals surface area contributed by atoms with Crippen molar-refractivity contribution in [1.29, 1.82) is 0 Å². The lowest BCUT2D eigenvalue weighted by molar-refractivity contribution is -0.104. The van der Waals surface area contributed by atoms with Crippen molar-refractivity contribution in [3.05, 3.63) is 71.4 Å². The van der Waals surface area contributed by atoms with Crippen LogP contribution in [0, 0.1) is 11.8 Å². The van der Waals surface area contributed by atoms with Gasteiger partial charge in [-0.15, -0.1) is 0 Å². The molecule has 0 aromatic rings. The molecular formula is C25H36O3. The summed E-state index contributed by atoms with van der Waals surface area (Å²) in [6, 6.07) is 0. The average Bonchev–Trinajstić information content (AvgIpc) is 2.91. The first kappa shape index (κ1) is 24.1. The van der Waals surface area contributed by atoms with Gasteiger partial charge in [-0.25, -0.2) is 0 Å². The minimum absolute atomic E-state index is 0.0518. The zero-order chi connectivity index (χ0) is 21.4. The van der Waals surface area contributed by atoms with Gasteiger partial charge in [0.25, 0.3) is 0 Å². The van der Waals surface area contributed by atoms with E-state index in [2.05, 4.69) is 0 Å². The van der Waals surface area contributed by atoms with E-state index in [9.17, 15) is 15.0 Å². The van der Waals surface area contributed by atoms with Crippen LogP contribution in [0.15, 0.2) is 71.4 Å². The molecule has 3 unspecified atom stereocenters. The molecule has 1 aliphatic rings. The lowest BCUT2D eigenvalue weighted by atomic mass is 9.78. The van der Waals surface area contributed by atoms with Crippen molar-refractivity contribution >= 4 is 6.29 Å². The summed E-state index contributed by atoms with van der Waals surface area (Å²) in [7, 11) is 0. The summed E-state index contributed by atoms with van der Waals surface area (Å²) in [6.07, 6.45) is 20.0. The Kier molecular flexibility index (Phi) is 9.06. The quantitative estimate of drug-likeness (QED) is 0.342. The van der Waals surface area contributed by atoms with Crippen molar-refractivity contribution in [3.63, 3.8) is 0 Å². The van der Waals surface area contributed by atoms with Crippen molar-refractivity contribution in [3.8, 4) is 0 Å². The normalized spacial score (nSPS) is 28.2. The highest BCUT2D eigenvalue weighted by atomic mass is 16.3. The Morgan fingerprint density at radius 3 is 2.07 bits per heavy atom. The van der Waals surface area contributed by atoms with E-state index in [1.165, 1.54) is 0 Å². The van der Waals surface area contributed by atoms with Crippen LogP contribution in [0.1, 0.15) is 54.4 Å². The van der Waals surface area contributed by atoms with Gasteiger partial charge < -0.3 is 10.2 Å². The highest BCUT2D eigenvalue weighted by molar-refractivity contribution is 5.72. The molecule has 0 aromatic heterocycles. The van der Waals surface area contributed by atoms with Crippen LogP contribution in [0.25, 0.3) is 0 Å². The van der Waals surface area contributed by atoms with Crippen LogP contribution >= 0.6 is 0 Å². The Morgan fingerprint density at radius 1 is 0.964 bits per heavy atom. The molecule has 1 rings (SSSR count). The van der Waals surface area contributed by atoms with E-state index in [1.54, 1.807) is 13.0 Å². The predicted octanol–water partition coefficient (Wildman–Crippen LogP) is 5.24. The first-order valence-electron chi connectivity index (χ1n) is 9.92. The second-order valence-corrected chi connectivity index (χ2v) is 8.63. The number of aliphatic hydroxyl groups is 2. The second-order valence-electron chi connectivity index (χ2n) is 8.63. The van der Waals surface area contributed by atoms with Crippen molar-refractivity contribution < 1.29 is 15.0 Å². The van der Waals surface area contributed by atoms with Gasteiger partial charge in [-0.2, -0.15) is 0 Å². The third-order valence-corrected chi connectivity index (χ3v) is 5.32. The van der Waals surface area contributed by atoms with Gasteiger partial charge in [0, 0.05) is 5.92 Å². The van der Waals surface area contributed by atoms with Gasteiger partial charge in [0.1, 0.15) is 6.29 Å². The van der Waals surface area contributed by atoms with Crippen LogP contribution in [0.3, 0.4) is 0 Å². The molecule has 0 radical (unpaired) electrons. The molecule has 1 fully saturated rings. The summed E-state index contributed by atoms with van der Waals surface area (Å²) in [5.41, 5.74) is 1.29. The van der Waals surface area contributed by atoms with Crippen LogP contribution in [0.5, 0.6) is 0 Å². The summed E-state index contributed by atoms with van der Waals surface area (Å²) < 4.78 is 0. The van der Waals surface area contributed by atoms with Crippen molar-refractivity contribution in [1.82, 2.24) is 0 Å². The number of carbonyl (C=O) groups excluding carboxylic acids is 1. The smallest absolute Gasteiger partial charge is 0.145 e.